The third-order valence-electron chi connectivity index (χ3n) is 5.01. The molecule has 3 nitrogen and oxygen atoms in total. The van der Waals surface area contributed by atoms with Crippen LogP contribution >= 0.6 is 0 Å². The number of fused-ring (bicyclic) bond motifs is 2. The molecule has 1 atom stereocenters. The average Bonchev–Trinajstić information content (AvgIpc) is 3.00. The van der Waals surface area contributed by atoms with E-state index in [2.05, 4.69) is 18.2 Å². The van der Waals surface area contributed by atoms with Gasteiger partial charge in [-0.05, 0) is 62.1 Å². The van der Waals surface area contributed by atoms with Crippen molar-refractivity contribution in [3.8, 4) is 0 Å². The predicted octanol–water partition coefficient (Wildman–Crippen LogP) is 1.78. The maximum Gasteiger partial charge on any atom is 1.00 e. The van der Waals surface area contributed by atoms with Gasteiger partial charge in [0.05, 0.1) is 6.10 Å². The van der Waals surface area contributed by atoms with Gasteiger partial charge in [-0.15, -0.1) is 0 Å². The van der Waals surface area contributed by atoms with Crippen LogP contribution in [0.15, 0.2) is 48.5 Å². The van der Waals surface area contributed by atoms with E-state index in [4.69, 9.17) is 5.11 Å². The van der Waals surface area contributed by atoms with Gasteiger partial charge in [0, 0.05) is 27.0 Å². The molecule has 5 heteroatoms. The Hall–Kier alpha value is -0.905. The van der Waals surface area contributed by atoms with Crippen molar-refractivity contribution in [1.29, 1.82) is 0 Å². The molecule has 0 fully saturated rings. The van der Waals surface area contributed by atoms with Gasteiger partial charge in [-0.2, -0.15) is 0 Å². The number of hydrogen-bond acceptors (Lipinski definition) is 3. The second-order valence-corrected chi connectivity index (χ2v) is 7.06. The third-order valence-corrected chi connectivity index (χ3v) is 5.01. The van der Waals surface area contributed by atoms with E-state index >= 15 is 0 Å². The molecule has 2 N–H and O–H groups in total. The molecule has 3 radical (unpaired) electrons. The quantitative estimate of drug-likeness (QED) is 0.521. The molecule has 0 spiro atoms. The molecule has 4 rings (SSSR count). The summed E-state index contributed by atoms with van der Waals surface area (Å²) in [5, 5.41) is 17.3. The van der Waals surface area contributed by atoms with Crippen LogP contribution in [-0.4, -0.2) is 31.0 Å². The summed E-state index contributed by atoms with van der Waals surface area (Å²) in [5.74, 6) is 0.322. The first-order chi connectivity index (χ1) is 13.2. The van der Waals surface area contributed by atoms with Crippen LogP contribution in [0.1, 0.15) is 80.0 Å². The molecule has 0 saturated heterocycles. The van der Waals surface area contributed by atoms with Gasteiger partial charge in [-0.25, -0.2) is 0 Å². The molecule has 0 aliphatic heterocycles. The molecule has 0 amide bonds. The normalized spacial score (nSPS) is 17.1. The van der Waals surface area contributed by atoms with E-state index < -0.39 is 0 Å². The van der Waals surface area contributed by atoms with Gasteiger partial charge in [0.15, 0.2) is 5.78 Å². The number of aliphatic hydroxyl groups is 2. The zero-order valence-electron chi connectivity index (χ0n) is 18.9. The van der Waals surface area contributed by atoms with Crippen LogP contribution in [0.3, 0.4) is 0 Å². The predicted molar refractivity (Wildman–Crippen MR) is 117 cm³/mol. The second-order valence-electron chi connectivity index (χ2n) is 7.06. The molecule has 0 aromatic heterocycles. The van der Waals surface area contributed by atoms with Crippen LogP contribution in [-0.2, 0) is 12.8 Å². The molecule has 2 aliphatic rings. The summed E-state index contributed by atoms with van der Waals surface area (Å²) in [4.78, 5) is 11.5. The van der Waals surface area contributed by atoms with E-state index in [-0.39, 0.29) is 52.1 Å². The molecule has 0 heterocycles. The Morgan fingerprint density at radius 2 is 1.41 bits per heavy atom. The van der Waals surface area contributed by atoms with E-state index in [9.17, 15) is 9.90 Å². The minimum atomic E-state index is -0.219. The van der Waals surface area contributed by atoms with Crippen molar-refractivity contribution in [3.63, 3.8) is 0 Å². The van der Waals surface area contributed by atoms with Crippen molar-refractivity contribution in [2.24, 2.45) is 0 Å². The van der Waals surface area contributed by atoms with Gasteiger partial charge in [0.1, 0.15) is 0 Å². The van der Waals surface area contributed by atoms with Crippen LogP contribution in [0.25, 0.3) is 0 Å². The molecule has 0 saturated carbocycles. The minimum absolute atomic E-state index is 0. The molecule has 2 aromatic carbocycles. The van der Waals surface area contributed by atoms with Crippen LogP contribution in [0.4, 0.5) is 0 Å². The summed E-state index contributed by atoms with van der Waals surface area (Å²) in [7, 11) is 0. The van der Waals surface area contributed by atoms with Gasteiger partial charge in [0.2, 0.25) is 0 Å². The molecular weight excluding hydrogens is 370 g/mol. The Morgan fingerprint density at radius 1 is 0.897 bits per heavy atom. The van der Waals surface area contributed by atoms with Crippen molar-refractivity contribution in [2.45, 2.75) is 64.4 Å². The fraction of sp³-hybridized carbons (Fsp3) is 0.458. The summed E-state index contributed by atoms with van der Waals surface area (Å²) >= 11 is 0. The Balaban J connectivity index is 0. The number of carbonyl (C=O) groups excluding carboxylic acids is 1. The first kappa shape index (κ1) is 28.1. The topological polar surface area (TPSA) is 57.5 Å². The van der Waals surface area contributed by atoms with Crippen molar-refractivity contribution in [2.75, 3.05) is 6.61 Å². The Bertz CT molecular complexity index is 727. The van der Waals surface area contributed by atoms with E-state index in [1.165, 1.54) is 17.5 Å². The molecule has 0 bridgehead atoms. The SMILES string of the molecule is CCO.O=C1CCCCc2ccccc21.OC1CCCCc2ccccc21.[B].[H-].[Na+]. The summed E-state index contributed by atoms with van der Waals surface area (Å²) < 4.78 is 0. The number of ketones is 1. The van der Waals surface area contributed by atoms with Crippen molar-refractivity contribution in [1.82, 2.24) is 0 Å². The minimum Gasteiger partial charge on any atom is -1.00 e. The molecule has 151 valence electrons. The zero-order valence-corrected chi connectivity index (χ0v) is 19.9. The number of carbonyl (C=O) groups is 1. The fourth-order valence-corrected chi connectivity index (χ4v) is 3.64. The number of aryl methyl sites for hydroxylation is 2. The Morgan fingerprint density at radius 3 is 2.14 bits per heavy atom. The maximum absolute atomic E-state index is 11.5. The fourth-order valence-electron chi connectivity index (χ4n) is 3.64. The maximum atomic E-state index is 11.5. The molecule has 2 aliphatic carbocycles. The smallest absolute Gasteiger partial charge is 1.00 e. The second kappa shape index (κ2) is 15.9. The largest absolute Gasteiger partial charge is 1.00 e. The van der Waals surface area contributed by atoms with Crippen molar-refractivity contribution < 1.29 is 46.0 Å². The van der Waals surface area contributed by atoms with Crippen molar-refractivity contribution in [3.05, 3.63) is 70.8 Å². The van der Waals surface area contributed by atoms with Gasteiger partial charge < -0.3 is 11.6 Å². The number of aliphatic hydroxyl groups excluding tert-OH is 2. The number of hydrogen-bond donors (Lipinski definition) is 2. The average molecular weight is 403 g/mol. The van der Waals surface area contributed by atoms with Gasteiger partial charge in [-0.3, -0.25) is 4.79 Å². The number of benzene rings is 2. The van der Waals surface area contributed by atoms with Crippen molar-refractivity contribution >= 4 is 14.2 Å². The summed E-state index contributed by atoms with van der Waals surface area (Å²) in [6.07, 6.45) is 8.22. The Labute approximate surface area is 201 Å². The van der Waals surface area contributed by atoms with Gasteiger partial charge in [-0.1, -0.05) is 55.0 Å². The van der Waals surface area contributed by atoms with Crippen LogP contribution < -0.4 is 29.6 Å². The molecular formula is C24H33BNaO3. The standard InChI is InChI=1S/C11H14O.C11H12O.C2H6O.B.Na.H/c2*12-11-8-4-2-6-9-5-1-3-7-10(9)11;1-2-3;;;/h1,3,5,7,11-12H,2,4,6,8H2;1,3,5,7H,2,4,6,8H2;3H,2H2,1H3;;;/q;;;;+1;-1. The molecule has 1 unspecified atom stereocenters. The van der Waals surface area contributed by atoms with Gasteiger partial charge >= 0.3 is 29.6 Å². The van der Waals surface area contributed by atoms with E-state index in [0.717, 1.165) is 56.1 Å². The first-order valence-electron chi connectivity index (χ1n) is 10.1. The summed E-state index contributed by atoms with van der Waals surface area (Å²) in [6, 6.07) is 16.2. The number of rotatable bonds is 0. The monoisotopic (exact) mass is 403 g/mol. The van der Waals surface area contributed by atoms with Gasteiger partial charge in [0.25, 0.3) is 0 Å². The van der Waals surface area contributed by atoms with Crippen LogP contribution in [0, 0.1) is 0 Å². The molecule has 29 heavy (non-hydrogen) atoms. The van der Waals surface area contributed by atoms with E-state index in [1.54, 1.807) is 6.92 Å². The number of Topliss-reactive ketones (excluding diaryl/α,β-unsaturated/α-hetero) is 1. The van der Waals surface area contributed by atoms with E-state index in [0.29, 0.717) is 5.78 Å². The van der Waals surface area contributed by atoms with Crippen LogP contribution in [0.5, 0.6) is 0 Å². The van der Waals surface area contributed by atoms with E-state index in [1.807, 2.05) is 30.3 Å². The van der Waals surface area contributed by atoms with Crippen LogP contribution in [0.2, 0.25) is 0 Å². The Kier molecular flexibility index (Phi) is 15.4. The third kappa shape index (κ3) is 9.19. The summed E-state index contributed by atoms with van der Waals surface area (Å²) in [5.41, 5.74) is 4.67. The molecule has 2 aromatic rings. The summed E-state index contributed by atoms with van der Waals surface area (Å²) in [6.45, 7) is 1.93. The first-order valence-corrected chi connectivity index (χ1v) is 10.1. The zero-order chi connectivity index (χ0) is 19.5.